The highest BCUT2D eigenvalue weighted by atomic mass is 35.5. The number of urea groups is 1. The first-order valence-electron chi connectivity index (χ1n) is 7.60. The molecular weight excluding hydrogens is 400 g/mol. The first-order chi connectivity index (χ1) is 12.8. The molecule has 0 saturated heterocycles. The van der Waals surface area contributed by atoms with Gasteiger partial charge < -0.3 is 9.47 Å². The summed E-state index contributed by atoms with van der Waals surface area (Å²) in [6.45, 7) is 1.66. The Morgan fingerprint density at radius 3 is 2.67 bits per heavy atom. The maximum absolute atomic E-state index is 12.5. The van der Waals surface area contributed by atoms with E-state index in [1.165, 1.54) is 37.5 Å². The van der Waals surface area contributed by atoms with Gasteiger partial charge in [-0.05, 0) is 19.1 Å². The average Bonchev–Trinajstić information content (AvgIpc) is 2.63. The standard InChI is InChI=1S/C15H17ClN4O6S/c1-3-26-14(21)10-6-4-5-7-11(10)27(23,24)19-15(22)18-20-9-17-13(25-2)8-12(20)16/h4-9,12H,3H2,1-2H3,(H2,18,19,22). The van der Waals surface area contributed by atoms with Gasteiger partial charge in [0, 0.05) is 6.08 Å². The molecule has 2 rings (SSSR count). The van der Waals surface area contributed by atoms with E-state index in [1.54, 1.807) is 11.6 Å². The van der Waals surface area contributed by atoms with Crippen molar-refractivity contribution in [2.24, 2.45) is 4.99 Å². The summed E-state index contributed by atoms with van der Waals surface area (Å²) in [5.41, 5.74) is 1.18. The van der Waals surface area contributed by atoms with Crippen molar-refractivity contribution in [3.8, 4) is 0 Å². The van der Waals surface area contributed by atoms with E-state index < -0.39 is 32.4 Å². The molecule has 1 aromatic rings. The highest BCUT2D eigenvalue weighted by molar-refractivity contribution is 7.90. The molecule has 0 saturated carbocycles. The second kappa shape index (κ2) is 8.73. The third-order valence-corrected chi connectivity index (χ3v) is 4.92. The molecule has 1 atom stereocenters. The number of rotatable bonds is 6. The van der Waals surface area contributed by atoms with Gasteiger partial charge in [0.25, 0.3) is 10.0 Å². The van der Waals surface area contributed by atoms with Crippen molar-refractivity contribution in [3.63, 3.8) is 0 Å². The maximum Gasteiger partial charge on any atom is 0.347 e. The lowest BCUT2D eigenvalue weighted by atomic mass is 10.2. The number of halogens is 1. The quantitative estimate of drug-likeness (QED) is 0.404. The van der Waals surface area contributed by atoms with Crippen LogP contribution in [0.1, 0.15) is 17.3 Å². The number of ether oxygens (including phenoxy) is 2. The van der Waals surface area contributed by atoms with Gasteiger partial charge in [-0.15, -0.1) is 0 Å². The van der Waals surface area contributed by atoms with Crippen LogP contribution >= 0.6 is 11.6 Å². The van der Waals surface area contributed by atoms with Crippen LogP contribution in [0.3, 0.4) is 0 Å². The topological polar surface area (TPSA) is 126 Å². The lowest BCUT2D eigenvalue weighted by Crippen LogP contribution is -2.51. The molecule has 0 aliphatic carbocycles. The van der Waals surface area contributed by atoms with E-state index in [4.69, 9.17) is 21.1 Å². The van der Waals surface area contributed by atoms with Gasteiger partial charge >= 0.3 is 12.0 Å². The smallest absolute Gasteiger partial charge is 0.347 e. The third-order valence-electron chi connectivity index (χ3n) is 3.19. The molecule has 146 valence electrons. The van der Waals surface area contributed by atoms with E-state index in [0.717, 1.165) is 11.3 Å². The molecule has 1 aliphatic heterocycles. The Labute approximate surface area is 160 Å². The van der Waals surface area contributed by atoms with Crippen LogP contribution in [0.5, 0.6) is 0 Å². The Balaban J connectivity index is 2.13. The molecule has 0 aromatic heterocycles. The molecule has 2 amide bonds. The van der Waals surface area contributed by atoms with Crippen LogP contribution in [0.4, 0.5) is 4.79 Å². The van der Waals surface area contributed by atoms with Gasteiger partial charge in [0.15, 0.2) is 0 Å². The van der Waals surface area contributed by atoms with Crippen molar-refractivity contribution in [2.45, 2.75) is 17.3 Å². The number of alkyl halides is 1. The minimum absolute atomic E-state index is 0.0729. The fourth-order valence-corrected chi connectivity index (χ4v) is 3.34. The molecule has 1 unspecified atom stereocenters. The maximum atomic E-state index is 12.5. The second-order valence-corrected chi connectivity index (χ2v) is 7.09. The minimum Gasteiger partial charge on any atom is -0.481 e. The third kappa shape index (κ3) is 5.11. The van der Waals surface area contributed by atoms with Crippen LogP contribution < -0.4 is 10.1 Å². The Bertz CT molecular complexity index is 886. The summed E-state index contributed by atoms with van der Waals surface area (Å²) < 4.78 is 36.5. The number of amides is 2. The Morgan fingerprint density at radius 1 is 1.33 bits per heavy atom. The van der Waals surface area contributed by atoms with Crippen LogP contribution in [-0.4, -0.2) is 51.0 Å². The first kappa shape index (κ1) is 20.5. The Hall–Kier alpha value is -2.79. The highest BCUT2D eigenvalue weighted by Crippen LogP contribution is 2.17. The summed E-state index contributed by atoms with van der Waals surface area (Å²) in [4.78, 5) is 27.5. The molecule has 0 bridgehead atoms. The van der Waals surface area contributed by atoms with E-state index in [9.17, 15) is 18.0 Å². The molecule has 10 nitrogen and oxygen atoms in total. The molecular formula is C15H17ClN4O6S. The summed E-state index contributed by atoms with van der Waals surface area (Å²) in [7, 11) is -2.96. The van der Waals surface area contributed by atoms with E-state index in [2.05, 4.69) is 10.4 Å². The molecule has 1 aromatic carbocycles. The zero-order chi connectivity index (χ0) is 20.0. The number of sulfonamides is 1. The summed E-state index contributed by atoms with van der Waals surface area (Å²) >= 11 is 6.02. The van der Waals surface area contributed by atoms with Crippen molar-refractivity contribution in [2.75, 3.05) is 13.7 Å². The fraction of sp³-hybridized carbons (Fsp3) is 0.267. The summed E-state index contributed by atoms with van der Waals surface area (Å²) in [5, 5.41) is 1.06. The Morgan fingerprint density at radius 2 is 2.04 bits per heavy atom. The number of hydrogen-bond acceptors (Lipinski definition) is 8. The molecule has 1 aliphatic rings. The summed E-state index contributed by atoms with van der Waals surface area (Å²) in [6.07, 6.45) is 2.56. The zero-order valence-electron chi connectivity index (χ0n) is 14.4. The average molecular weight is 417 g/mol. The fourth-order valence-electron chi connectivity index (χ4n) is 2.03. The zero-order valence-corrected chi connectivity index (χ0v) is 16.0. The SMILES string of the molecule is CCOC(=O)c1ccccc1S(=O)(=O)NC(=O)NN1C=NC(OC)=CC1Cl. The van der Waals surface area contributed by atoms with Gasteiger partial charge in [-0.1, -0.05) is 23.7 Å². The molecule has 2 N–H and O–H groups in total. The van der Waals surface area contributed by atoms with Crippen LogP contribution in [0, 0.1) is 0 Å². The van der Waals surface area contributed by atoms with Gasteiger partial charge in [-0.25, -0.2) is 33.1 Å². The number of carbonyl (C=O) groups excluding carboxylic acids is 2. The number of esters is 1. The monoisotopic (exact) mass is 416 g/mol. The number of nitrogens with zero attached hydrogens (tertiary/aromatic N) is 2. The number of aliphatic imine (C=N–C) groups is 1. The predicted octanol–water partition coefficient (Wildman–Crippen LogP) is 1.16. The first-order valence-corrected chi connectivity index (χ1v) is 9.52. The van der Waals surface area contributed by atoms with E-state index in [0.29, 0.717) is 0 Å². The largest absolute Gasteiger partial charge is 0.481 e. The van der Waals surface area contributed by atoms with Crippen LogP contribution in [-0.2, 0) is 19.5 Å². The normalized spacial score (nSPS) is 16.3. The van der Waals surface area contributed by atoms with Gasteiger partial charge in [0.2, 0.25) is 5.88 Å². The lowest BCUT2D eigenvalue weighted by Gasteiger charge is -2.26. The van der Waals surface area contributed by atoms with E-state index in [-0.39, 0.29) is 18.1 Å². The molecule has 12 heteroatoms. The van der Waals surface area contributed by atoms with Crippen molar-refractivity contribution in [1.82, 2.24) is 15.2 Å². The van der Waals surface area contributed by atoms with Crippen molar-refractivity contribution in [1.29, 1.82) is 0 Å². The number of benzene rings is 1. The van der Waals surface area contributed by atoms with Gasteiger partial charge in [0.1, 0.15) is 16.7 Å². The number of hydrazine groups is 1. The molecule has 27 heavy (non-hydrogen) atoms. The van der Waals surface area contributed by atoms with E-state index >= 15 is 0 Å². The molecule has 1 heterocycles. The molecule has 0 fully saturated rings. The van der Waals surface area contributed by atoms with Crippen molar-refractivity contribution in [3.05, 3.63) is 41.8 Å². The van der Waals surface area contributed by atoms with Gasteiger partial charge in [-0.2, -0.15) is 0 Å². The van der Waals surface area contributed by atoms with Gasteiger partial charge in [-0.3, -0.25) is 5.01 Å². The summed E-state index contributed by atoms with van der Waals surface area (Å²) in [6, 6.07) is 4.27. The second-order valence-electron chi connectivity index (χ2n) is 5.00. The molecule has 0 radical (unpaired) electrons. The van der Waals surface area contributed by atoms with Crippen molar-refractivity contribution < 1.29 is 27.5 Å². The van der Waals surface area contributed by atoms with Crippen LogP contribution in [0.25, 0.3) is 0 Å². The number of nitrogens with one attached hydrogen (secondary N) is 2. The highest BCUT2D eigenvalue weighted by Gasteiger charge is 2.26. The number of carbonyl (C=O) groups is 2. The minimum atomic E-state index is -4.35. The predicted molar refractivity (Wildman–Crippen MR) is 96.3 cm³/mol. The van der Waals surface area contributed by atoms with Gasteiger partial charge in [0.05, 0.1) is 19.3 Å². The lowest BCUT2D eigenvalue weighted by molar-refractivity contribution is 0.0521. The number of methoxy groups -OCH3 is 1. The van der Waals surface area contributed by atoms with Crippen LogP contribution in [0.15, 0.2) is 46.1 Å². The van der Waals surface area contributed by atoms with E-state index in [1.807, 2.05) is 0 Å². The number of hydrogen-bond donors (Lipinski definition) is 2. The summed E-state index contributed by atoms with van der Waals surface area (Å²) in [5.74, 6) is -0.579. The van der Waals surface area contributed by atoms with Crippen LogP contribution in [0.2, 0.25) is 0 Å². The molecule has 0 spiro atoms. The van der Waals surface area contributed by atoms with Crippen molar-refractivity contribution >= 4 is 40.0 Å². The Kier molecular flexibility index (Phi) is 6.64.